The summed E-state index contributed by atoms with van der Waals surface area (Å²) in [5.74, 6) is -0.229. The Kier molecular flexibility index (Phi) is 4.79. The van der Waals surface area contributed by atoms with E-state index in [9.17, 15) is 9.90 Å². The second-order valence-corrected chi connectivity index (χ2v) is 5.46. The van der Waals surface area contributed by atoms with Crippen LogP contribution < -0.4 is 5.32 Å². The number of rotatable bonds is 3. The molecule has 0 radical (unpaired) electrons. The number of benzene rings is 1. The lowest BCUT2D eigenvalue weighted by molar-refractivity contribution is 0.0103. The van der Waals surface area contributed by atoms with E-state index >= 15 is 0 Å². The van der Waals surface area contributed by atoms with Crippen molar-refractivity contribution in [2.75, 3.05) is 33.3 Å². The van der Waals surface area contributed by atoms with Gasteiger partial charge >= 0.3 is 0 Å². The number of ether oxygens (including phenoxy) is 1. The van der Waals surface area contributed by atoms with Crippen LogP contribution in [-0.4, -0.2) is 55.3 Å². The van der Waals surface area contributed by atoms with Gasteiger partial charge in [0.05, 0.1) is 18.3 Å². The Labute approximate surface area is 120 Å². The summed E-state index contributed by atoms with van der Waals surface area (Å²) in [6.07, 6.45) is 0.000270. The van der Waals surface area contributed by atoms with Crippen molar-refractivity contribution in [2.45, 2.75) is 6.10 Å². The number of hydrogen-bond acceptors (Lipinski definition) is 4. The Morgan fingerprint density at radius 2 is 2.42 bits per heavy atom. The summed E-state index contributed by atoms with van der Waals surface area (Å²) in [6, 6.07) is 4.86. The van der Waals surface area contributed by atoms with Gasteiger partial charge < -0.3 is 20.1 Å². The molecule has 1 atom stereocenters. The second-order valence-electron chi connectivity index (χ2n) is 4.54. The lowest BCUT2D eigenvalue weighted by atomic mass is 10.1. The number of carbonyl (C=O) groups excluding carboxylic acids is 1. The predicted molar refractivity (Wildman–Crippen MR) is 75.4 cm³/mol. The number of carbonyl (C=O) groups is 1. The fraction of sp³-hybridized carbons (Fsp3) is 0.462. The molecule has 1 amide bonds. The Morgan fingerprint density at radius 1 is 1.63 bits per heavy atom. The highest BCUT2D eigenvalue weighted by atomic mass is 79.9. The molecule has 1 aliphatic heterocycles. The van der Waals surface area contributed by atoms with E-state index in [1.807, 2.05) is 0 Å². The van der Waals surface area contributed by atoms with Crippen LogP contribution in [0.2, 0.25) is 0 Å². The summed E-state index contributed by atoms with van der Waals surface area (Å²) in [7, 11) is 1.71. The summed E-state index contributed by atoms with van der Waals surface area (Å²) in [6.45, 7) is 2.75. The van der Waals surface area contributed by atoms with Crippen molar-refractivity contribution in [3.05, 3.63) is 28.2 Å². The smallest absolute Gasteiger partial charge is 0.257 e. The van der Waals surface area contributed by atoms with Gasteiger partial charge in [0.15, 0.2) is 0 Å². The number of aromatic hydroxyl groups is 1. The molecule has 1 saturated heterocycles. The monoisotopic (exact) mass is 328 g/mol. The Balaban J connectivity index is 2.01. The van der Waals surface area contributed by atoms with Crippen molar-refractivity contribution < 1.29 is 14.6 Å². The molecule has 1 aliphatic rings. The first-order chi connectivity index (χ1) is 9.08. The van der Waals surface area contributed by atoms with Crippen LogP contribution in [0.4, 0.5) is 0 Å². The van der Waals surface area contributed by atoms with Crippen molar-refractivity contribution in [1.82, 2.24) is 10.2 Å². The molecular formula is C13H17BrN2O3. The summed E-state index contributed by atoms with van der Waals surface area (Å²) in [4.78, 5) is 13.8. The van der Waals surface area contributed by atoms with Crippen LogP contribution in [0.15, 0.2) is 22.7 Å². The number of halogens is 1. The number of morpholine rings is 1. The average Bonchev–Trinajstić information content (AvgIpc) is 2.39. The number of likely N-dealkylation sites (N-methyl/N-ethyl adjacent to an activating group) is 1. The van der Waals surface area contributed by atoms with Crippen molar-refractivity contribution in [1.29, 1.82) is 0 Å². The van der Waals surface area contributed by atoms with Gasteiger partial charge in [0.1, 0.15) is 5.75 Å². The number of amides is 1. The summed E-state index contributed by atoms with van der Waals surface area (Å²) < 4.78 is 6.30. The maximum absolute atomic E-state index is 12.2. The van der Waals surface area contributed by atoms with E-state index in [0.717, 1.165) is 17.6 Å². The molecule has 6 heteroatoms. The Morgan fingerprint density at radius 3 is 3.05 bits per heavy atom. The van der Waals surface area contributed by atoms with Gasteiger partial charge in [-0.05, 0) is 18.2 Å². The topological polar surface area (TPSA) is 61.8 Å². The molecule has 0 bridgehead atoms. The third-order valence-electron chi connectivity index (χ3n) is 3.02. The third kappa shape index (κ3) is 3.68. The zero-order chi connectivity index (χ0) is 13.8. The van der Waals surface area contributed by atoms with E-state index in [1.54, 1.807) is 24.1 Å². The molecule has 0 aromatic heterocycles. The largest absolute Gasteiger partial charge is 0.507 e. The zero-order valence-corrected chi connectivity index (χ0v) is 12.3. The van der Waals surface area contributed by atoms with Crippen LogP contribution in [0.3, 0.4) is 0 Å². The number of phenolic OH excluding ortho intramolecular Hbond substituents is 1. The summed E-state index contributed by atoms with van der Waals surface area (Å²) >= 11 is 3.25. The highest BCUT2D eigenvalue weighted by molar-refractivity contribution is 9.10. The maximum atomic E-state index is 12.2. The second kappa shape index (κ2) is 6.36. The molecule has 0 spiro atoms. The predicted octanol–water partition coefficient (Wildman–Crippen LogP) is 1.22. The molecule has 1 heterocycles. The van der Waals surface area contributed by atoms with Gasteiger partial charge in [0.25, 0.3) is 5.91 Å². The number of phenols is 1. The van der Waals surface area contributed by atoms with Gasteiger partial charge in [-0.15, -0.1) is 0 Å². The van der Waals surface area contributed by atoms with E-state index in [0.29, 0.717) is 18.7 Å². The van der Waals surface area contributed by atoms with Crippen LogP contribution in [0, 0.1) is 0 Å². The van der Waals surface area contributed by atoms with E-state index in [2.05, 4.69) is 21.2 Å². The van der Waals surface area contributed by atoms with Crippen molar-refractivity contribution >= 4 is 21.8 Å². The molecule has 1 aromatic rings. The van der Waals surface area contributed by atoms with Gasteiger partial charge in [0, 0.05) is 31.2 Å². The molecule has 19 heavy (non-hydrogen) atoms. The van der Waals surface area contributed by atoms with Gasteiger partial charge in [-0.2, -0.15) is 0 Å². The van der Waals surface area contributed by atoms with Gasteiger partial charge in [-0.25, -0.2) is 0 Å². The van der Waals surface area contributed by atoms with Crippen LogP contribution in [0.25, 0.3) is 0 Å². The molecule has 2 rings (SSSR count). The summed E-state index contributed by atoms with van der Waals surface area (Å²) in [5, 5.41) is 13.0. The van der Waals surface area contributed by atoms with Gasteiger partial charge in [0.2, 0.25) is 0 Å². The number of nitrogens with zero attached hydrogens (tertiary/aromatic N) is 1. The average molecular weight is 329 g/mol. The van der Waals surface area contributed by atoms with E-state index in [1.165, 1.54) is 6.07 Å². The van der Waals surface area contributed by atoms with Crippen LogP contribution in [-0.2, 0) is 4.74 Å². The lowest BCUT2D eigenvalue weighted by Crippen LogP contribution is -2.45. The first-order valence-electron chi connectivity index (χ1n) is 6.14. The SMILES string of the molecule is CN(CC1CNCCO1)C(=O)c1ccc(Br)cc1O. The first-order valence-corrected chi connectivity index (χ1v) is 6.93. The molecule has 1 aromatic carbocycles. The van der Waals surface area contributed by atoms with Gasteiger partial charge in [-0.3, -0.25) is 4.79 Å². The van der Waals surface area contributed by atoms with E-state index in [4.69, 9.17) is 4.74 Å². The first kappa shape index (κ1) is 14.3. The van der Waals surface area contributed by atoms with E-state index in [-0.39, 0.29) is 17.8 Å². The fourth-order valence-electron chi connectivity index (χ4n) is 2.02. The number of nitrogens with one attached hydrogen (secondary N) is 1. The summed E-state index contributed by atoms with van der Waals surface area (Å²) in [5.41, 5.74) is 0.300. The molecule has 0 saturated carbocycles. The molecular weight excluding hydrogens is 312 g/mol. The minimum absolute atomic E-state index is 0.000270. The minimum Gasteiger partial charge on any atom is -0.507 e. The quantitative estimate of drug-likeness (QED) is 0.875. The standard InChI is InChI=1S/C13H17BrN2O3/c1-16(8-10-7-15-4-5-19-10)13(18)11-3-2-9(14)6-12(11)17/h2-3,6,10,15,17H,4-5,7-8H2,1H3. The highest BCUT2D eigenvalue weighted by Crippen LogP contribution is 2.23. The van der Waals surface area contributed by atoms with Crippen molar-refractivity contribution in [3.8, 4) is 5.75 Å². The molecule has 1 fully saturated rings. The fourth-order valence-corrected chi connectivity index (χ4v) is 2.37. The third-order valence-corrected chi connectivity index (χ3v) is 3.51. The lowest BCUT2D eigenvalue weighted by Gasteiger charge is -2.28. The maximum Gasteiger partial charge on any atom is 0.257 e. The molecule has 0 aliphatic carbocycles. The minimum atomic E-state index is -0.209. The van der Waals surface area contributed by atoms with Gasteiger partial charge in [-0.1, -0.05) is 15.9 Å². The zero-order valence-electron chi connectivity index (χ0n) is 10.7. The van der Waals surface area contributed by atoms with Crippen LogP contribution in [0.5, 0.6) is 5.75 Å². The molecule has 1 unspecified atom stereocenters. The van der Waals surface area contributed by atoms with Crippen LogP contribution in [0.1, 0.15) is 10.4 Å². The normalized spacial score (nSPS) is 19.2. The highest BCUT2D eigenvalue weighted by Gasteiger charge is 2.21. The molecule has 5 nitrogen and oxygen atoms in total. The molecule has 2 N–H and O–H groups in total. The van der Waals surface area contributed by atoms with E-state index < -0.39 is 0 Å². The molecule has 104 valence electrons. The Hall–Kier alpha value is -1.11. The van der Waals surface area contributed by atoms with Crippen molar-refractivity contribution in [2.24, 2.45) is 0 Å². The van der Waals surface area contributed by atoms with Crippen LogP contribution >= 0.6 is 15.9 Å². The number of hydrogen-bond donors (Lipinski definition) is 2. The Bertz CT molecular complexity index is 461. The van der Waals surface area contributed by atoms with Crippen molar-refractivity contribution in [3.63, 3.8) is 0 Å².